The summed E-state index contributed by atoms with van der Waals surface area (Å²) in [5.41, 5.74) is 2.95. The molecule has 0 aliphatic heterocycles. The topological polar surface area (TPSA) is 90.4 Å². The second-order valence-electron chi connectivity index (χ2n) is 6.77. The van der Waals surface area contributed by atoms with Crippen LogP contribution in [0.15, 0.2) is 75.2 Å². The lowest BCUT2D eigenvalue weighted by atomic mass is 10.1. The molecule has 3 heterocycles. The molecule has 0 bridgehead atoms. The van der Waals surface area contributed by atoms with Crippen LogP contribution < -0.4 is 10.1 Å². The zero-order valence-corrected chi connectivity index (χ0v) is 17.3. The third-order valence-electron chi connectivity index (χ3n) is 4.82. The number of benzene rings is 2. The highest BCUT2D eigenvalue weighted by Crippen LogP contribution is 2.31. The molecule has 0 saturated heterocycles. The molecule has 31 heavy (non-hydrogen) atoms. The van der Waals surface area contributed by atoms with Gasteiger partial charge < -0.3 is 19.0 Å². The van der Waals surface area contributed by atoms with Crippen LogP contribution in [0.25, 0.3) is 33.8 Å². The molecule has 154 valence electrons. The van der Waals surface area contributed by atoms with Crippen LogP contribution in [0, 0.1) is 0 Å². The van der Waals surface area contributed by atoms with Gasteiger partial charge in [-0.1, -0.05) is 11.2 Å². The van der Waals surface area contributed by atoms with E-state index in [1.165, 1.54) is 6.26 Å². The molecule has 0 spiro atoms. The van der Waals surface area contributed by atoms with Crippen molar-refractivity contribution in [3.8, 4) is 28.6 Å². The molecular weight excluding hydrogens is 414 g/mol. The van der Waals surface area contributed by atoms with Gasteiger partial charge in [0.2, 0.25) is 5.89 Å². The van der Waals surface area contributed by atoms with Crippen LogP contribution in [-0.4, -0.2) is 23.2 Å². The van der Waals surface area contributed by atoms with Crippen LogP contribution in [0.5, 0.6) is 5.75 Å². The van der Waals surface area contributed by atoms with E-state index in [-0.39, 0.29) is 5.91 Å². The van der Waals surface area contributed by atoms with E-state index in [0.717, 1.165) is 16.2 Å². The van der Waals surface area contributed by atoms with E-state index in [4.69, 9.17) is 13.7 Å². The lowest BCUT2D eigenvalue weighted by Crippen LogP contribution is -2.22. The lowest BCUT2D eigenvalue weighted by Gasteiger charge is -2.03. The van der Waals surface area contributed by atoms with E-state index < -0.39 is 0 Å². The van der Waals surface area contributed by atoms with Gasteiger partial charge in [-0.05, 0) is 53.9 Å². The fourth-order valence-electron chi connectivity index (χ4n) is 3.20. The Morgan fingerprint density at radius 3 is 2.81 bits per heavy atom. The number of thiophene rings is 1. The predicted octanol–water partition coefficient (Wildman–Crippen LogP) is 5.15. The van der Waals surface area contributed by atoms with Crippen molar-refractivity contribution in [3.05, 3.63) is 76.7 Å². The number of nitrogens with one attached hydrogen (secondary N) is 1. The first-order chi connectivity index (χ1) is 15.2. The molecule has 2 aromatic carbocycles. The third-order valence-corrected chi connectivity index (χ3v) is 5.70. The molecule has 0 aliphatic carbocycles. The summed E-state index contributed by atoms with van der Waals surface area (Å²) >= 11 is 1.60. The maximum Gasteiger partial charge on any atom is 0.251 e. The zero-order valence-electron chi connectivity index (χ0n) is 16.5. The van der Waals surface area contributed by atoms with E-state index in [1.807, 2.05) is 41.8 Å². The second-order valence-corrected chi connectivity index (χ2v) is 7.80. The number of ether oxygens (including phenoxy) is 1. The average molecular weight is 431 g/mol. The number of nitrogens with zero attached hydrogens (tertiary/aromatic N) is 2. The fourth-order valence-corrected chi connectivity index (χ4v) is 3.84. The normalized spacial score (nSPS) is 11.0. The summed E-state index contributed by atoms with van der Waals surface area (Å²) in [7, 11) is 1.62. The van der Waals surface area contributed by atoms with Gasteiger partial charge in [-0.3, -0.25) is 4.79 Å². The van der Waals surface area contributed by atoms with Crippen LogP contribution >= 0.6 is 11.3 Å². The number of hydrogen-bond acceptors (Lipinski definition) is 7. The monoisotopic (exact) mass is 431 g/mol. The van der Waals surface area contributed by atoms with Crippen molar-refractivity contribution in [2.24, 2.45) is 0 Å². The van der Waals surface area contributed by atoms with Gasteiger partial charge in [0.05, 0.1) is 19.0 Å². The number of rotatable bonds is 6. The Bertz CT molecular complexity index is 1340. The van der Waals surface area contributed by atoms with E-state index in [9.17, 15) is 4.79 Å². The molecule has 0 unspecified atom stereocenters. The van der Waals surface area contributed by atoms with E-state index in [2.05, 4.69) is 15.5 Å². The van der Waals surface area contributed by atoms with E-state index >= 15 is 0 Å². The van der Waals surface area contributed by atoms with Crippen LogP contribution in [0.1, 0.15) is 15.2 Å². The molecule has 0 fully saturated rings. The van der Waals surface area contributed by atoms with Crippen LogP contribution in [0.3, 0.4) is 0 Å². The predicted molar refractivity (Wildman–Crippen MR) is 117 cm³/mol. The molecule has 5 aromatic rings. The van der Waals surface area contributed by atoms with Gasteiger partial charge in [-0.25, -0.2) is 4.98 Å². The van der Waals surface area contributed by atoms with Gasteiger partial charge >= 0.3 is 0 Å². The molecule has 0 saturated carbocycles. The highest BCUT2D eigenvalue weighted by Gasteiger charge is 2.17. The Balaban J connectivity index is 1.42. The quantitative estimate of drug-likeness (QED) is 0.400. The van der Waals surface area contributed by atoms with Gasteiger partial charge in [-0.2, -0.15) is 0 Å². The Morgan fingerprint density at radius 1 is 1.16 bits per heavy atom. The summed E-state index contributed by atoms with van der Waals surface area (Å²) in [5.74, 6) is 1.04. The smallest absolute Gasteiger partial charge is 0.251 e. The molecule has 1 amide bonds. The molecule has 7 nitrogen and oxygen atoms in total. The van der Waals surface area contributed by atoms with Crippen molar-refractivity contribution in [1.29, 1.82) is 0 Å². The number of aromatic nitrogens is 2. The fraction of sp³-hybridized carbons (Fsp3) is 0.0870. The van der Waals surface area contributed by atoms with Gasteiger partial charge in [0, 0.05) is 16.0 Å². The Kier molecular flexibility index (Phi) is 4.97. The molecular formula is C23H17N3O4S. The Morgan fingerprint density at radius 2 is 2.03 bits per heavy atom. The van der Waals surface area contributed by atoms with Gasteiger partial charge in [-0.15, -0.1) is 11.3 Å². The van der Waals surface area contributed by atoms with Crippen molar-refractivity contribution in [1.82, 2.24) is 15.5 Å². The standard InChI is InChI=1S/C23H17N3O4S/c1-28-16-7-4-14(5-8-16)23-25-19(13-29-23)21-18-11-15(6-9-20(18)30-26-21)22(27)24-12-17-3-2-10-31-17/h2-11,13H,12H2,1H3,(H,24,27). The van der Waals surface area contributed by atoms with Crippen molar-refractivity contribution in [2.45, 2.75) is 6.54 Å². The third kappa shape index (κ3) is 3.80. The summed E-state index contributed by atoms with van der Waals surface area (Å²) in [4.78, 5) is 18.2. The number of methoxy groups -OCH3 is 1. The molecule has 1 N–H and O–H groups in total. The first-order valence-corrected chi connectivity index (χ1v) is 10.4. The minimum Gasteiger partial charge on any atom is -0.497 e. The molecule has 0 aliphatic rings. The summed E-state index contributed by atoms with van der Waals surface area (Å²) in [6.45, 7) is 0.486. The van der Waals surface area contributed by atoms with Crippen LogP contribution in [-0.2, 0) is 6.54 Å². The van der Waals surface area contributed by atoms with Gasteiger partial charge in [0.1, 0.15) is 23.4 Å². The largest absolute Gasteiger partial charge is 0.497 e. The summed E-state index contributed by atoms with van der Waals surface area (Å²) in [6, 6.07) is 16.6. The highest BCUT2D eigenvalue weighted by atomic mass is 32.1. The highest BCUT2D eigenvalue weighted by molar-refractivity contribution is 7.09. The Hall–Kier alpha value is -3.91. The van der Waals surface area contributed by atoms with E-state index in [0.29, 0.717) is 40.4 Å². The number of fused-ring (bicyclic) bond motifs is 1. The van der Waals surface area contributed by atoms with Crippen molar-refractivity contribution >= 4 is 28.2 Å². The number of oxazole rings is 1. The Labute approximate surface area is 181 Å². The second kappa shape index (κ2) is 8.08. The summed E-state index contributed by atoms with van der Waals surface area (Å²) < 4.78 is 16.2. The number of amides is 1. The molecule has 8 heteroatoms. The van der Waals surface area contributed by atoms with Crippen LogP contribution in [0.2, 0.25) is 0 Å². The lowest BCUT2D eigenvalue weighted by molar-refractivity contribution is 0.0951. The molecule has 0 radical (unpaired) electrons. The molecule has 3 aromatic heterocycles. The van der Waals surface area contributed by atoms with Crippen molar-refractivity contribution in [2.75, 3.05) is 7.11 Å². The molecule has 5 rings (SSSR count). The number of carbonyl (C=O) groups excluding carboxylic acids is 1. The summed E-state index contributed by atoms with van der Waals surface area (Å²) in [6.07, 6.45) is 1.53. The van der Waals surface area contributed by atoms with Gasteiger partial charge in [0.25, 0.3) is 5.91 Å². The minimum atomic E-state index is -0.165. The van der Waals surface area contributed by atoms with Crippen molar-refractivity contribution in [3.63, 3.8) is 0 Å². The van der Waals surface area contributed by atoms with Crippen molar-refractivity contribution < 1.29 is 18.5 Å². The SMILES string of the molecule is COc1ccc(-c2nc(-c3noc4ccc(C(=O)NCc5cccs5)cc34)co2)cc1. The number of hydrogen-bond donors (Lipinski definition) is 1. The first-order valence-electron chi connectivity index (χ1n) is 9.51. The average Bonchev–Trinajstić information content (AvgIpc) is 3.57. The zero-order chi connectivity index (χ0) is 21.2. The summed E-state index contributed by atoms with van der Waals surface area (Å²) in [5, 5.41) is 9.74. The minimum absolute atomic E-state index is 0.165. The van der Waals surface area contributed by atoms with E-state index in [1.54, 1.807) is 36.6 Å². The van der Waals surface area contributed by atoms with Gasteiger partial charge in [0.15, 0.2) is 5.58 Å². The maximum absolute atomic E-state index is 12.6. The van der Waals surface area contributed by atoms with Crippen LogP contribution in [0.4, 0.5) is 0 Å². The maximum atomic E-state index is 12.6. The first kappa shape index (κ1) is 19.1. The number of carbonyl (C=O) groups is 1. The molecule has 0 atom stereocenters.